The summed E-state index contributed by atoms with van der Waals surface area (Å²) in [5, 5.41) is 3.21. The van der Waals surface area contributed by atoms with Crippen LogP contribution in [0, 0.1) is 6.92 Å². The van der Waals surface area contributed by atoms with Gasteiger partial charge in [-0.1, -0.05) is 60.2 Å². The summed E-state index contributed by atoms with van der Waals surface area (Å²) < 4.78 is 5.34. The van der Waals surface area contributed by atoms with Crippen LogP contribution in [0.4, 0.5) is 5.69 Å². The van der Waals surface area contributed by atoms with Gasteiger partial charge < -0.3 is 10.1 Å². The van der Waals surface area contributed by atoms with Gasteiger partial charge in [-0.05, 0) is 24.6 Å². The van der Waals surface area contributed by atoms with Crippen LogP contribution >= 0.6 is 12.2 Å². The maximum atomic E-state index is 5.40. The van der Waals surface area contributed by atoms with E-state index in [0.29, 0.717) is 5.88 Å². The Morgan fingerprint density at radius 2 is 1.70 bits per heavy atom. The summed E-state index contributed by atoms with van der Waals surface area (Å²) in [4.78, 5) is 0.738. The molecule has 0 atom stereocenters. The molecule has 0 unspecified atom stereocenters. The zero-order chi connectivity index (χ0) is 14.4. The van der Waals surface area contributed by atoms with E-state index >= 15 is 0 Å². The summed E-state index contributed by atoms with van der Waals surface area (Å²) in [7, 11) is 1.63. The van der Waals surface area contributed by atoms with Gasteiger partial charge in [0.2, 0.25) is 0 Å². The fraction of sp³-hybridized carbons (Fsp3) is 0.118. The lowest BCUT2D eigenvalue weighted by molar-refractivity contribution is 0.298. The number of thiocarbonyl (C=S) groups is 1. The van der Waals surface area contributed by atoms with Gasteiger partial charge in [0, 0.05) is 11.8 Å². The molecule has 0 spiro atoms. The second kappa shape index (κ2) is 6.87. The van der Waals surface area contributed by atoms with Crippen molar-refractivity contribution >= 4 is 22.8 Å². The summed E-state index contributed by atoms with van der Waals surface area (Å²) >= 11 is 5.40. The maximum Gasteiger partial charge on any atom is 0.192 e. The SMILES string of the molecule is CO/C(=C/C(=S)c1ccccc1)Nc1ccc(C)cc1. The highest BCUT2D eigenvalue weighted by atomic mass is 32.1. The number of nitrogens with one attached hydrogen (secondary N) is 1. The van der Waals surface area contributed by atoms with E-state index in [1.54, 1.807) is 7.11 Å². The predicted molar refractivity (Wildman–Crippen MR) is 88.0 cm³/mol. The second-order valence-electron chi connectivity index (χ2n) is 4.43. The number of ether oxygens (including phenoxy) is 1. The molecule has 0 saturated heterocycles. The van der Waals surface area contributed by atoms with E-state index in [9.17, 15) is 0 Å². The molecule has 0 aliphatic rings. The Bertz CT molecular complexity index is 603. The third-order valence-corrected chi connectivity index (χ3v) is 3.21. The van der Waals surface area contributed by atoms with Crippen molar-refractivity contribution in [3.05, 3.63) is 77.7 Å². The molecule has 0 amide bonds. The van der Waals surface area contributed by atoms with E-state index < -0.39 is 0 Å². The standard InChI is InChI=1S/C17H17NOS/c1-13-8-10-15(11-9-13)18-17(19-2)12-16(20)14-6-4-3-5-7-14/h3-12,18H,1-2H3/b17-12+. The van der Waals surface area contributed by atoms with Crippen LogP contribution in [0.15, 0.2) is 66.6 Å². The van der Waals surface area contributed by atoms with E-state index in [-0.39, 0.29) is 0 Å². The zero-order valence-electron chi connectivity index (χ0n) is 11.6. The van der Waals surface area contributed by atoms with Crippen molar-refractivity contribution in [3.63, 3.8) is 0 Å². The Hall–Kier alpha value is -2.13. The number of aryl methyl sites for hydroxylation is 1. The number of hydrogen-bond acceptors (Lipinski definition) is 3. The third-order valence-electron chi connectivity index (χ3n) is 2.86. The largest absolute Gasteiger partial charge is 0.482 e. The predicted octanol–water partition coefficient (Wildman–Crippen LogP) is 4.31. The van der Waals surface area contributed by atoms with Crippen molar-refractivity contribution in [2.45, 2.75) is 6.92 Å². The van der Waals surface area contributed by atoms with Gasteiger partial charge in [0.25, 0.3) is 0 Å². The first kappa shape index (κ1) is 14.3. The molecular formula is C17H17NOS. The minimum atomic E-state index is 0.628. The highest BCUT2D eigenvalue weighted by Gasteiger charge is 2.02. The molecule has 2 aromatic carbocycles. The normalized spacial score (nSPS) is 11.0. The van der Waals surface area contributed by atoms with Crippen LogP contribution in [-0.2, 0) is 4.74 Å². The fourth-order valence-corrected chi connectivity index (χ4v) is 1.97. The Morgan fingerprint density at radius 3 is 2.30 bits per heavy atom. The summed E-state index contributed by atoms with van der Waals surface area (Å²) in [6.45, 7) is 2.06. The van der Waals surface area contributed by atoms with E-state index in [1.807, 2.05) is 60.7 Å². The fourth-order valence-electron chi connectivity index (χ4n) is 1.73. The molecule has 0 heterocycles. The lowest BCUT2D eigenvalue weighted by Gasteiger charge is -2.10. The molecule has 102 valence electrons. The molecule has 0 saturated carbocycles. The number of methoxy groups -OCH3 is 1. The van der Waals surface area contributed by atoms with Crippen molar-refractivity contribution in [2.24, 2.45) is 0 Å². The van der Waals surface area contributed by atoms with Crippen LogP contribution in [0.3, 0.4) is 0 Å². The molecular weight excluding hydrogens is 266 g/mol. The highest BCUT2D eigenvalue weighted by molar-refractivity contribution is 7.81. The number of hydrogen-bond donors (Lipinski definition) is 1. The Kier molecular flexibility index (Phi) is 4.91. The van der Waals surface area contributed by atoms with Crippen LogP contribution in [-0.4, -0.2) is 12.0 Å². The molecule has 0 radical (unpaired) electrons. The van der Waals surface area contributed by atoms with Crippen LogP contribution in [0.5, 0.6) is 0 Å². The van der Waals surface area contributed by atoms with Gasteiger partial charge in [-0.3, -0.25) is 0 Å². The molecule has 0 aliphatic carbocycles. The van der Waals surface area contributed by atoms with E-state index in [2.05, 4.69) is 12.2 Å². The first-order valence-corrected chi connectivity index (χ1v) is 6.78. The number of benzene rings is 2. The summed E-state index contributed by atoms with van der Waals surface area (Å²) in [5.74, 6) is 0.628. The monoisotopic (exact) mass is 283 g/mol. The second-order valence-corrected chi connectivity index (χ2v) is 4.87. The van der Waals surface area contributed by atoms with Gasteiger partial charge in [-0.2, -0.15) is 0 Å². The Balaban J connectivity index is 2.13. The van der Waals surface area contributed by atoms with Gasteiger partial charge >= 0.3 is 0 Å². The van der Waals surface area contributed by atoms with E-state index in [0.717, 1.165) is 16.1 Å². The lowest BCUT2D eigenvalue weighted by atomic mass is 10.1. The van der Waals surface area contributed by atoms with Crippen molar-refractivity contribution < 1.29 is 4.74 Å². The van der Waals surface area contributed by atoms with Gasteiger partial charge in [0.15, 0.2) is 5.88 Å². The van der Waals surface area contributed by atoms with Crippen LogP contribution in [0.1, 0.15) is 11.1 Å². The number of allylic oxidation sites excluding steroid dienone is 1. The Morgan fingerprint density at radius 1 is 1.05 bits per heavy atom. The molecule has 0 aromatic heterocycles. The lowest BCUT2D eigenvalue weighted by Crippen LogP contribution is -2.05. The van der Waals surface area contributed by atoms with Crippen LogP contribution in [0.2, 0.25) is 0 Å². The number of anilines is 1. The minimum Gasteiger partial charge on any atom is -0.482 e. The summed E-state index contributed by atoms with van der Waals surface area (Å²) in [6.07, 6.45) is 1.82. The molecule has 0 fully saturated rings. The van der Waals surface area contributed by atoms with Gasteiger partial charge in [0.05, 0.1) is 12.0 Å². The third kappa shape index (κ3) is 3.93. The smallest absolute Gasteiger partial charge is 0.192 e. The topological polar surface area (TPSA) is 21.3 Å². The zero-order valence-corrected chi connectivity index (χ0v) is 12.4. The molecule has 0 aliphatic heterocycles. The van der Waals surface area contributed by atoms with Crippen molar-refractivity contribution in [2.75, 3.05) is 12.4 Å². The molecule has 1 N–H and O–H groups in total. The average molecular weight is 283 g/mol. The average Bonchev–Trinajstić information content (AvgIpc) is 2.49. The van der Waals surface area contributed by atoms with Crippen molar-refractivity contribution in [3.8, 4) is 0 Å². The molecule has 2 nitrogen and oxygen atoms in total. The van der Waals surface area contributed by atoms with Gasteiger partial charge in [-0.25, -0.2) is 0 Å². The molecule has 0 bridgehead atoms. The minimum absolute atomic E-state index is 0.628. The van der Waals surface area contributed by atoms with Gasteiger partial charge in [0.1, 0.15) is 0 Å². The van der Waals surface area contributed by atoms with Crippen molar-refractivity contribution in [1.82, 2.24) is 0 Å². The quantitative estimate of drug-likeness (QED) is 0.382. The summed E-state index contributed by atoms with van der Waals surface area (Å²) in [5.41, 5.74) is 3.20. The Labute approximate surface area is 125 Å². The van der Waals surface area contributed by atoms with Gasteiger partial charge in [-0.15, -0.1) is 0 Å². The van der Waals surface area contributed by atoms with E-state index in [4.69, 9.17) is 17.0 Å². The summed E-state index contributed by atoms with van der Waals surface area (Å²) in [6, 6.07) is 18.0. The molecule has 2 aromatic rings. The molecule has 3 heteroatoms. The van der Waals surface area contributed by atoms with Crippen LogP contribution < -0.4 is 5.32 Å². The number of rotatable bonds is 5. The van der Waals surface area contributed by atoms with Crippen molar-refractivity contribution in [1.29, 1.82) is 0 Å². The molecule has 20 heavy (non-hydrogen) atoms. The first-order chi connectivity index (χ1) is 9.69. The van der Waals surface area contributed by atoms with E-state index in [1.165, 1.54) is 5.56 Å². The van der Waals surface area contributed by atoms with Crippen LogP contribution in [0.25, 0.3) is 0 Å². The maximum absolute atomic E-state index is 5.40. The first-order valence-electron chi connectivity index (χ1n) is 6.38. The molecule has 2 rings (SSSR count). The highest BCUT2D eigenvalue weighted by Crippen LogP contribution is 2.13.